The van der Waals surface area contributed by atoms with E-state index in [2.05, 4.69) is 39.6 Å². The molecule has 1 aromatic carbocycles. The molecule has 0 spiro atoms. The van der Waals surface area contributed by atoms with Crippen LogP contribution in [0.5, 0.6) is 0 Å². The maximum atomic E-state index is 4.59. The Kier molecular flexibility index (Phi) is 3.79. The van der Waals surface area contributed by atoms with E-state index in [9.17, 15) is 0 Å². The van der Waals surface area contributed by atoms with Crippen molar-refractivity contribution in [1.82, 2.24) is 15.3 Å². The predicted molar refractivity (Wildman–Crippen MR) is 80.7 cm³/mol. The lowest BCUT2D eigenvalue weighted by molar-refractivity contribution is 0.414. The van der Waals surface area contributed by atoms with Crippen molar-refractivity contribution < 1.29 is 0 Å². The largest absolute Gasteiger partial charge is 0.308 e. The Hall–Kier alpha value is -1.74. The van der Waals surface area contributed by atoms with Crippen molar-refractivity contribution in [1.29, 1.82) is 0 Å². The maximum Gasteiger partial charge on any atom is 0.125 e. The fraction of sp³-hybridized carbons (Fsp3) is 0.412. The van der Waals surface area contributed by atoms with Crippen LogP contribution >= 0.6 is 0 Å². The highest BCUT2D eigenvalue weighted by atomic mass is 14.9. The molecule has 0 saturated heterocycles. The topological polar surface area (TPSA) is 37.8 Å². The molecule has 104 valence electrons. The van der Waals surface area contributed by atoms with Crippen molar-refractivity contribution in [2.24, 2.45) is 0 Å². The van der Waals surface area contributed by atoms with Crippen LogP contribution in [-0.2, 0) is 0 Å². The Morgan fingerprint density at radius 3 is 2.65 bits per heavy atom. The molecule has 20 heavy (non-hydrogen) atoms. The highest BCUT2D eigenvalue weighted by molar-refractivity contribution is 5.38. The van der Waals surface area contributed by atoms with Crippen LogP contribution in [0, 0.1) is 6.92 Å². The zero-order valence-corrected chi connectivity index (χ0v) is 12.1. The summed E-state index contributed by atoms with van der Waals surface area (Å²) in [6, 6.07) is 10.9. The molecule has 2 aromatic rings. The van der Waals surface area contributed by atoms with Gasteiger partial charge in [-0.1, -0.05) is 30.7 Å². The molecule has 1 unspecified atom stereocenters. The maximum absolute atomic E-state index is 4.59. The molecule has 1 fully saturated rings. The Labute approximate surface area is 120 Å². The van der Waals surface area contributed by atoms with Crippen LogP contribution in [0.25, 0.3) is 0 Å². The summed E-state index contributed by atoms with van der Waals surface area (Å²) in [5.74, 6) is 1.55. The number of rotatable bonds is 4. The molecule has 3 nitrogen and oxygen atoms in total. The molecule has 3 heteroatoms. The van der Waals surface area contributed by atoms with E-state index in [0.29, 0.717) is 0 Å². The third kappa shape index (κ3) is 2.46. The van der Waals surface area contributed by atoms with Gasteiger partial charge in [0.25, 0.3) is 0 Å². The smallest absolute Gasteiger partial charge is 0.125 e. The zero-order valence-electron chi connectivity index (χ0n) is 12.1. The lowest BCUT2D eigenvalue weighted by Crippen LogP contribution is -2.22. The van der Waals surface area contributed by atoms with Gasteiger partial charge < -0.3 is 5.32 Å². The van der Waals surface area contributed by atoms with Crippen LogP contribution in [0.15, 0.2) is 36.5 Å². The molecule has 0 amide bonds. The standard InChI is InChI=1S/C17H21N3/c1-12-19-11-10-16(20-12)17(18-2)15-9-4-3-8-14(15)13-6-5-7-13/h3-4,8-11,13,17-18H,5-7H2,1-2H3. The average Bonchev–Trinajstić information content (AvgIpc) is 2.40. The molecule has 1 aromatic heterocycles. The van der Waals surface area contributed by atoms with Gasteiger partial charge in [-0.05, 0) is 49.9 Å². The van der Waals surface area contributed by atoms with E-state index in [1.165, 1.54) is 30.4 Å². The van der Waals surface area contributed by atoms with Gasteiger partial charge in [0.15, 0.2) is 0 Å². The summed E-state index contributed by atoms with van der Waals surface area (Å²) in [5, 5.41) is 3.42. The third-order valence-corrected chi connectivity index (χ3v) is 4.23. The van der Waals surface area contributed by atoms with E-state index in [1.807, 2.05) is 26.2 Å². The Morgan fingerprint density at radius 2 is 2.00 bits per heavy atom. The fourth-order valence-electron chi connectivity index (χ4n) is 2.96. The van der Waals surface area contributed by atoms with E-state index >= 15 is 0 Å². The number of benzene rings is 1. The molecule has 1 aliphatic carbocycles. The number of nitrogens with zero attached hydrogens (tertiary/aromatic N) is 2. The molecule has 0 bridgehead atoms. The summed E-state index contributed by atoms with van der Waals surface area (Å²) in [6.07, 6.45) is 5.83. The van der Waals surface area contributed by atoms with E-state index in [-0.39, 0.29) is 6.04 Å². The van der Waals surface area contributed by atoms with Crippen molar-refractivity contribution in [3.63, 3.8) is 0 Å². The van der Waals surface area contributed by atoms with Gasteiger partial charge in [0.05, 0.1) is 11.7 Å². The van der Waals surface area contributed by atoms with Gasteiger partial charge in [-0.25, -0.2) is 9.97 Å². The Balaban J connectivity index is 2.01. The highest BCUT2D eigenvalue weighted by Gasteiger charge is 2.25. The number of aromatic nitrogens is 2. The minimum atomic E-state index is 0.147. The molecule has 1 atom stereocenters. The van der Waals surface area contributed by atoms with Gasteiger partial charge in [-0.2, -0.15) is 0 Å². The van der Waals surface area contributed by atoms with Crippen molar-refractivity contribution in [2.75, 3.05) is 7.05 Å². The van der Waals surface area contributed by atoms with Crippen LogP contribution in [0.2, 0.25) is 0 Å². The average molecular weight is 267 g/mol. The van der Waals surface area contributed by atoms with Crippen LogP contribution in [0.4, 0.5) is 0 Å². The van der Waals surface area contributed by atoms with Gasteiger partial charge in [0.2, 0.25) is 0 Å². The summed E-state index contributed by atoms with van der Waals surface area (Å²) in [4.78, 5) is 8.79. The minimum Gasteiger partial charge on any atom is -0.308 e. The minimum absolute atomic E-state index is 0.147. The van der Waals surface area contributed by atoms with E-state index < -0.39 is 0 Å². The van der Waals surface area contributed by atoms with Crippen molar-refractivity contribution in [3.8, 4) is 0 Å². The molecule has 1 heterocycles. The summed E-state index contributed by atoms with van der Waals surface area (Å²) in [6.45, 7) is 1.94. The zero-order chi connectivity index (χ0) is 13.9. The van der Waals surface area contributed by atoms with Crippen LogP contribution in [-0.4, -0.2) is 17.0 Å². The number of hydrogen-bond donors (Lipinski definition) is 1. The normalized spacial score (nSPS) is 16.7. The summed E-state index contributed by atoms with van der Waals surface area (Å²) in [5.41, 5.74) is 3.89. The molecular weight excluding hydrogens is 246 g/mol. The lowest BCUT2D eigenvalue weighted by atomic mass is 9.77. The summed E-state index contributed by atoms with van der Waals surface area (Å²) in [7, 11) is 2.00. The Morgan fingerprint density at radius 1 is 1.20 bits per heavy atom. The SMILES string of the molecule is CNC(c1ccnc(C)n1)c1ccccc1C1CCC1. The monoisotopic (exact) mass is 267 g/mol. The molecule has 1 N–H and O–H groups in total. The highest BCUT2D eigenvalue weighted by Crippen LogP contribution is 2.40. The van der Waals surface area contributed by atoms with Crippen molar-refractivity contribution in [3.05, 3.63) is 59.2 Å². The second-order valence-corrected chi connectivity index (χ2v) is 5.51. The van der Waals surface area contributed by atoms with Gasteiger partial charge in [0, 0.05) is 6.20 Å². The van der Waals surface area contributed by atoms with E-state index in [4.69, 9.17) is 0 Å². The first-order valence-electron chi connectivity index (χ1n) is 7.35. The lowest BCUT2D eigenvalue weighted by Gasteiger charge is -2.30. The first-order valence-corrected chi connectivity index (χ1v) is 7.35. The van der Waals surface area contributed by atoms with Gasteiger partial charge in [0.1, 0.15) is 5.82 Å². The first kappa shape index (κ1) is 13.3. The molecule has 1 aliphatic rings. The molecule has 0 radical (unpaired) electrons. The summed E-state index contributed by atoms with van der Waals surface area (Å²) >= 11 is 0. The van der Waals surface area contributed by atoms with Gasteiger partial charge >= 0.3 is 0 Å². The fourth-order valence-corrected chi connectivity index (χ4v) is 2.96. The molecule has 3 rings (SSSR count). The van der Waals surface area contributed by atoms with E-state index in [1.54, 1.807) is 0 Å². The van der Waals surface area contributed by atoms with Crippen LogP contribution in [0.3, 0.4) is 0 Å². The van der Waals surface area contributed by atoms with Crippen molar-refractivity contribution >= 4 is 0 Å². The molecule has 1 saturated carbocycles. The second-order valence-electron chi connectivity index (χ2n) is 5.51. The number of nitrogens with one attached hydrogen (secondary N) is 1. The Bertz CT molecular complexity index is 590. The van der Waals surface area contributed by atoms with Crippen LogP contribution < -0.4 is 5.32 Å². The third-order valence-electron chi connectivity index (χ3n) is 4.23. The van der Waals surface area contributed by atoms with Gasteiger partial charge in [-0.3, -0.25) is 0 Å². The first-order chi connectivity index (χ1) is 9.79. The van der Waals surface area contributed by atoms with Crippen LogP contribution in [0.1, 0.15) is 53.9 Å². The second kappa shape index (κ2) is 5.71. The molecular formula is C17H21N3. The number of hydrogen-bond acceptors (Lipinski definition) is 3. The summed E-state index contributed by atoms with van der Waals surface area (Å²) < 4.78 is 0. The molecule has 0 aliphatic heterocycles. The van der Waals surface area contributed by atoms with Gasteiger partial charge in [-0.15, -0.1) is 0 Å². The van der Waals surface area contributed by atoms with Crippen molar-refractivity contribution in [2.45, 2.75) is 38.1 Å². The van der Waals surface area contributed by atoms with E-state index in [0.717, 1.165) is 17.4 Å². The quantitative estimate of drug-likeness (QED) is 0.923. The number of aryl methyl sites for hydroxylation is 1. The predicted octanol–water partition coefficient (Wildman–Crippen LogP) is 3.36.